The Morgan fingerprint density at radius 3 is 2.10 bits per heavy atom. The molecule has 0 aromatic heterocycles. The number of allylic oxidation sites excluding steroid dienone is 4. The predicted molar refractivity (Wildman–Crippen MR) is 129 cm³/mol. The molecular formula is C27H46O4. The Balaban J connectivity index is 1.97. The zero-order valence-corrected chi connectivity index (χ0v) is 20.3. The SMILES string of the molecule is C/C=C/C=C/CCCCCCCCCCCCC[C@]1(OC)C=C[C@@H](CC(=O)OC)OC1. The third-order valence-corrected chi connectivity index (χ3v) is 6.07. The Labute approximate surface area is 191 Å². The van der Waals surface area contributed by atoms with Crippen molar-refractivity contribution in [2.75, 3.05) is 20.8 Å². The number of hydrogen-bond acceptors (Lipinski definition) is 4. The molecule has 0 saturated carbocycles. The van der Waals surface area contributed by atoms with Gasteiger partial charge in [-0.1, -0.05) is 101 Å². The Morgan fingerprint density at radius 1 is 0.968 bits per heavy atom. The highest BCUT2D eigenvalue weighted by molar-refractivity contribution is 5.70. The number of methoxy groups -OCH3 is 2. The smallest absolute Gasteiger partial charge is 0.308 e. The Morgan fingerprint density at radius 2 is 1.58 bits per heavy atom. The molecule has 0 unspecified atom stereocenters. The highest BCUT2D eigenvalue weighted by atomic mass is 16.5. The van der Waals surface area contributed by atoms with Crippen LogP contribution in [0, 0.1) is 0 Å². The number of hydrogen-bond donors (Lipinski definition) is 0. The summed E-state index contributed by atoms with van der Waals surface area (Å²) >= 11 is 0. The number of carbonyl (C=O) groups is 1. The molecule has 0 radical (unpaired) electrons. The van der Waals surface area contributed by atoms with E-state index in [1.807, 2.05) is 6.08 Å². The monoisotopic (exact) mass is 434 g/mol. The van der Waals surface area contributed by atoms with Crippen molar-refractivity contribution in [1.29, 1.82) is 0 Å². The zero-order chi connectivity index (χ0) is 22.6. The first-order valence-electron chi connectivity index (χ1n) is 12.4. The van der Waals surface area contributed by atoms with Crippen LogP contribution < -0.4 is 0 Å². The van der Waals surface area contributed by atoms with Gasteiger partial charge in [0.1, 0.15) is 5.60 Å². The van der Waals surface area contributed by atoms with Crippen LogP contribution in [0.3, 0.4) is 0 Å². The summed E-state index contributed by atoms with van der Waals surface area (Å²) in [6.45, 7) is 2.56. The fourth-order valence-corrected chi connectivity index (χ4v) is 3.96. The molecule has 1 aliphatic heterocycles. The fourth-order valence-electron chi connectivity index (χ4n) is 3.96. The standard InChI is InChI=1S/C27H46O4/c1-4-5-6-7-8-9-10-11-12-13-14-15-16-17-18-19-21-27(30-3)22-20-25(31-24-27)23-26(28)29-2/h4-7,20,22,25H,8-19,21,23-24H2,1-3H3/b5-4+,7-6+/t25-,27-/m0/s1. The van der Waals surface area contributed by atoms with Gasteiger partial charge in [-0.3, -0.25) is 4.79 Å². The summed E-state index contributed by atoms with van der Waals surface area (Å²) in [5.74, 6) is -0.243. The molecule has 0 saturated heterocycles. The first-order chi connectivity index (χ1) is 15.2. The lowest BCUT2D eigenvalue weighted by Gasteiger charge is -2.34. The fraction of sp³-hybridized carbons (Fsp3) is 0.741. The molecule has 0 amide bonds. The molecule has 178 valence electrons. The number of rotatable bonds is 18. The van der Waals surface area contributed by atoms with E-state index in [0.717, 1.165) is 12.8 Å². The Hall–Kier alpha value is -1.39. The molecule has 2 atom stereocenters. The molecule has 0 aliphatic carbocycles. The zero-order valence-electron chi connectivity index (χ0n) is 20.3. The molecule has 0 aromatic rings. The number of carbonyl (C=O) groups excluding carboxylic acids is 1. The average molecular weight is 435 g/mol. The Bertz CT molecular complexity index is 537. The second-order valence-corrected chi connectivity index (χ2v) is 8.64. The van der Waals surface area contributed by atoms with Crippen molar-refractivity contribution < 1.29 is 19.0 Å². The third kappa shape index (κ3) is 13.6. The summed E-state index contributed by atoms with van der Waals surface area (Å²) in [4.78, 5) is 11.4. The average Bonchev–Trinajstić information content (AvgIpc) is 2.80. The maximum Gasteiger partial charge on any atom is 0.308 e. The molecule has 1 heterocycles. The van der Waals surface area contributed by atoms with Gasteiger partial charge in [0.05, 0.1) is 26.2 Å². The number of unbranched alkanes of at least 4 members (excludes halogenated alkanes) is 11. The lowest BCUT2D eigenvalue weighted by molar-refractivity contribution is -0.145. The molecule has 0 spiro atoms. The summed E-state index contributed by atoms with van der Waals surface area (Å²) in [5, 5.41) is 0. The predicted octanol–water partition coefficient (Wildman–Crippen LogP) is 7.09. The van der Waals surface area contributed by atoms with Crippen molar-refractivity contribution in [1.82, 2.24) is 0 Å². The van der Waals surface area contributed by atoms with Crippen LogP contribution in [0.25, 0.3) is 0 Å². The van der Waals surface area contributed by atoms with Gasteiger partial charge in [-0.25, -0.2) is 0 Å². The van der Waals surface area contributed by atoms with Gasteiger partial charge >= 0.3 is 5.97 Å². The van der Waals surface area contributed by atoms with E-state index in [2.05, 4.69) is 37.3 Å². The van der Waals surface area contributed by atoms with Gasteiger partial charge in [-0.2, -0.15) is 0 Å². The molecule has 1 rings (SSSR count). The maximum atomic E-state index is 11.4. The summed E-state index contributed by atoms with van der Waals surface area (Å²) in [5.41, 5.74) is -0.338. The topological polar surface area (TPSA) is 44.8 Å². The summed E-state index contributed by atoms with van der Waals surface area (Å²) in [7, 11) is 3.15. The summed E-state index contributed by atoms with van der Waals surface area (Å²) < 4.78 is 16.3. The molecule has 1 aliphatic rings. The van der Waals surface area contributed by atoms with E-state index in [0.29, 0.717) is 6.61 Å². The van der Waals surface area contributed by atoms with Crippen molar-refractivity contribution >= 4 is 5.97 Å². The van der Waals surface area contributed by atoms with E-state index in [-0.39, 0.29) is 24.1 Å². The van der Waals surface area contributed by atoms with Gasteiger partial charge in [0.25, 0.3) is 0 Å². The minimum absolute atomic E-state index is 0.198. The maximum absolute atomic E-state index is 11.4. The van der Waals surface area contributed by atoms with Crippen LogP contribution in [-0.4, -0.2) is 38.5 Å². The first kappa shape index (κ1) is 27.6. The molecular weight excluding hydrogens is 388 g/mol. The highest BCUT2D eigenvalue weighted by Gasteiger charge is 2.32. The van der Waals surface area contributed by atoms with Crippen LogP contribution in [0.15, 0.2) is 36.5 Å². The summed E-state index contributed by atoms with van der Waals surface area (Å²) in [6, 6.07) is 0. The van der Waals surface area contributed by atoms with E-state index in [1.54, 1.807) is 7.11 Å². The van der Waals surface area contributed by atoms with E-state index >= 15 is 0 Å². The second kappa shape index (κ2) is 18.2. The van der Waals surface area contributed by atoms with Crippen LogP contribution >= 0.6 is 0 Å². The lowest BCUT2D eigenvalue weighted by atomic mass is 9.93. The molecule has 0 bridgehead atoms. The van der Waals surface area contributed by atoms with Gasteiger partial charge in [-0.15, -0.1) is 0 Å². The van der Waals surface area contributed by atoms with E-state index in [9.17, 15) is 4.79 Å². The molecule has 4 heteroatoms. The first-order valence-corrected chi connectivity index (χ1v) is 12.4. The van der Waals surface area contributed by atoms with Crippen LogP contribution in [0.5, 0.6) is 0 Å². The quantitative estimate of drug-likeness (QED) is 0.0999. The summed E-state index contributed by atoms with van der Waals surface area (Å²) in [6.07, 6.45) is 29.5. The van der Waals surface area contributed by atoms with Crippen molar-refractivity contribution in [2.24, 2.45) is 0 Å². The normalized spacial score (nSPS) is 21.3. The van der Waals surface area contributed by atoms with E-state index in [4.69, 9.17) is 14.2 Å². The number of ether oxygens (including phenoxy) is 3. The lowest BCUT2D eigenvalue weighted by Crippen LogP contribution is -2.40. The molecule has 4 nitrogen and oxygen atoms in total. The van der Waals surface area contributed by atoms with Crippen molar-refractivity contribution in [3.05, 3.63) is 36.5 Å². The minimum Gasteiger partial charge on any atom is -0.469 e. The third-order valence-electron chi connectivity index (χ3n) is 6.07. The van der Waals surface area contributed by atoms with Crippen LogP contribution in [-0.2, 0) is 19.0 Å². The van der Waals surface area contributed by atoms with E-state index < -0.39 is 0 Å². The van der Waals surface area contributed by atoms with Crippen LogP contribution in [0.1, 0.15) is 96.8 Å². The van der Waals surface area contributed by atoms with Gasteiger partial charge in [-0.05, 0) is 26.2 Å². The van der Waals surface area contributed by atoms with Crippen LogP contribution in [0.2, 0.25) is 0 Å². The molecule has 0 N–H and O–H groups in total. The Kier molecular flexibility index (Phi) is 16.2. The van der Waals surface area contributed by atoms with Crippen molar-refractivity contribution in [3.63, 3.8) is 0 Å². The highest BCUT2D eigenvalue weighted by Crippen LogP contribution is 2.27. The van der Waals surface area contributed by atoms with Crippen molar-refractivity contribution in [3.8, 4) is 0 Å². The molecule has 0 aromatic carbocycles. The molecule has 0 fully saturated rings. The van der Waals surface area contributed by atoms with Crippen LogP contribution in [0.4, 0.5) is 0 Å². The van der Waals surface area contributed by atoms with Gasteiger partial charge in [0.15, 0.2) is 0 Å². The number of esters is 1. The minimum atomic E-state index is -0.338. The van der Waals surface area contributed by atoms with E-state index in [1.165, 1.54) is 77.7 Å². The van der Waals surface area contributed by atoms with Gasteiger partial charge < -0.3 is 14.2 Å². The van der Waals surface area contributed by atoms with Gasteiger partial charge in [0, 0.05) is 7.11 Å². The largest absolute Gasteiger partial charge is 0.469 e. The molecule has 31 heavy (non-hydrogen) atoms. The van der Waals surface area contributed by atoms with Gasteiger partial charge in [0.2, 0.25) is 0 Å². The second-order valence-electron chi connectivity index (χ2n) is 8.64. The van der Waals surface area contributed by atoms with Crippen molar-refractivity contribution in [2.45, 2.75) is 109 Å².